The van der Waals surface area contributed by atoms with Gasteiger partial charge < -0.3 is 10.6 Å². The number of likely N-dealkylation sites (N-methyl/N-ethyl adjacent to an activating group) is 2. The van der Waals surface area contributed by atoms with Crippen molar-refractivity contribution in [1.29, 1.82) is 0 Å². The lowest BCUT2D eigenvalue weighted by Gasteiger charge is -2.25. The van der Waals surface area contributed by atoms with Crippen LogP contribution in [0.3, 0.4) is 0 Å². The van der Waals surface area contributed by atoms with E-state index >= 15 is 0 Å². The van der Waals surface area contributed by atoms with E-state index in [1.807, 2.05) is 0 Å². The molecule has 5 nitrogen and oxygen atoms in total. The fourth-order valence-corrected chi connectivity index (χ4v) is 1.47. The van der Waals surface area contributed by atoms with Crippen LogP contribution in [0.15, 0.2) is 12.2 Å². The Kier molecular flexibility index (Phi) is 5.74. The minimum atomic E-state index is -0.542. The van der Waals surface area contributed by atoms with E-state index in [2.05, 4.69) is 17.2 Å². The molecule has 0 aromatic rings. The maximum atomic E-state index is 11.9. The molecule has 2 N–H and O–H groups in total. The molecule has 0 aromatic carbocycles. The Morgan fingerprint density at radius 3 is 2.06 bits per heavy atom. The van der Waals surface area contributed by atoms with E-state index in [-0.39, 0.29) is 11.8 Å². The number of nitrogens with one attached hydrogen (secondary N) is 2. The number of rotatable bonds is 5. The number of carbonyl (C=O) groups excluding carboxylic acids is 2. The highest BCUT2D eigenvalue weighted by Gasteiger charge is 2.24. The molecule has 0 aromatic heterocycles. The van der Waals surface area contributed by atoms with Crippen molar-refractivity contribution in [3.63, 3.8) is 0 Å². The van der Waals surface area contributed by atoms with Crippen LogP contribution in [0.25, 0.3) is 0 Å². The van der Waals surface area contributed by atoms with Gasteiger partial charge in [-0.1, -0.05) is 12.2 Å². The summed E-state index contributed by atoms with van der Waals surface area (Å²) >= 11 is 0. The zero-order valence-electron chi connectivity index (χ0n) is 10.6. The average molecular weight is 227 g/mol. The Morgan fingerprint density at radius 1 is 1.25 bits per heavy atom. The Labute approximate surface area is 96.9 Å². The van der Waals surface area contributed by atoms with Crippen LogP contribution in [0.2, 0.25) is 0 Å². The van der Waals surface area contributed by atoms with E-state index in [4.69, 9.17) is 0 Å². The van der Waals surface area contributed by atoms with Gasteiger partial charge in [-0.05, 0) is 27.9 Å². The first-order valence-corrected chi connectivity index (χ1v) is 5.15. The van der Waals surface area contributed by atoms with Gasteiger partial charge >= 0.3 is 0 Å². The van der Waals surface area contributed by atoms with Crippen molar-refractivity contribution in [1.82, 2.24) is 15.5 Å². The lowest BCUT2D eigenvalue weighted by Crippen LogP contribution is -2.51. The van der Waals surface area contributed by atoms with Crippen LogP contribution in [-0.2, 0) is 9.59 Å². The largest absolute Gasteiger partial charge is 0.357 e. The molecule has 0 rings (SSSR count). The summed E-state index contributed by atoms with van der Waals surface area (Å²) in [4.78, 5) is 24.9. The third-order valence-corrected chi connectivity index (χ3v) is 2.23. The van der Waals surface area contributed by atoms with Gasteiger partial charge in [0.1, 0.15) is 12.1 Å². The highest BCUT2D eigenvalue weighted by atomic mass is 16.2. The zero-order valence-corrected chi connectivity index (χ0v) is 10.6. The third-order valence-electron chi connectivity index (χ3n) is 2.23. The first kappa shape index (κ1) is 14.6. The van der Waals surface area contributed by atoms with Gasteiger partial charge in [-0.2, -0.15) is 0 Å². The minimum Gasteiger partial charge on any atom is -0.357 e. The van der Waals surface area contributed by atoms with Crippen molar-refractivity contribution in [2.45, 2.75) is 25.9 Å². The van der Waals surface area contributed by atoms with Crippen molar-refractivity contribution < 1.29 is 9.59 Å². The molecule has 0 aliphatic rings. The third kappa shape index (κ3) is 4.02. The molecular weight excluding hydrogens is 206 g/mol. The fourth-order valence-electron chi connectivity index (χ4n) is 1.47. The normalized spacial score (nSPS) is 14.1. The second-order valence-electron chi connectivity index (χ2n) is 4.06. The Bertz CT molecular complexity index is 287. The molecule has 0 aliphatic carbocycles. The van der Waals surface area contributed by atoms with Gasteiger partial charge in [0.2, 0.25) is 11.8 Å². The molecule has 16 heavy (non-hydrogen) atoms. The van der Waals surface area contributed by atoms with E-state index in [0.717, 1.165) is 5.57 Å². The van der Waals surface area contributed by atoms with Gasteiger partial charge in [-0.15, -0.1) is 0 Å². The topological polar surface area (TPSA) is 61.4 Å². The van der Waals surface area contributed by atoms with Crippen molar-refractivity contribution in [3.05, 3.63) is 12.2 Å². The van der Waals surface area contributed by atoms with Gasteiger partial charge in [-0.25, -0.2) is 0 Å². The summed E-state index contributed by atoms with van der Waals surface area (Å²) in [7, 11) is 5.13. The van der Waals surface area contributed by atoms with Crippen LogP contribution in [0, 0.1) is 0 Å². The molecular formula is C11H21N3O2. The van der Waals surface area contributed by atoms with Gasteiger partial charge in [-0.3, -0.25) is 14.5 Å². The Morgan fingerprint density at radius 2 is 1.75 bits per heavy atom. The molecule has 0 unspecified atom stereocenters. The summed E-state index contributed by atoms with van der Waals surface area (Å²) in [5.74, 6) is -0.429. The molecule has 0 spiro atoms. The van der Waals surface area contributed by atoms with E-state index in [9.17, 15) is 9.59 Å². The van der Waals surface area contributed by atoms with Gasteiger partial charge in [0.05, 0.1) is 0 Å². The van der Waals surface area contributed by atoms with Crippen LogP contribution in [0.4, 0.5) is 0 Å². The number of amides is 2. The van der Waals surface area contributed by atoms with Crippen LogP contribution >= 0.6 is 0 Å². The van der Waals surface area contributed by atoms with Gasteiger partial charge in [0, 0.05) is 7.05 Å². The van der Waals surface area contributed by atoms with Crippen LogP contribution < -0.4 is 10.6 Å². The van der Waals surface area contributed by atoms with Gasteiger partial charge in [0.15, 0.2) is 0 Å². The molecule has 0 saturated heterocycles. The molecule has 0 bridgehead atoms. The summed E-state index contributed by atoms with van der Waals surface area (Å²) in [6, 6.07) is -0.952. The average Bonchev–Trinajstić information content (AvgIpc) is 2.14. The molecule has 5 heteroatoms. The van der Waals surface area contributed by atoms with Crippen LogP contribution in [-0.4, -0.2) is 49.9 Å². The highest BCUT2D eigenvalue weighted by Crippen LogP contribution is 2.05. The monoisotopic (exact) mass is 227 g/mol. The minimum absolute atomic E-state index is 0.214. The lowest BCUT2D eigenvalue weighted by molar-refractivity contribution is -0.130. The Hall–Kier alpha value is -1.36. The summed E-state index contributed by atoms with van der Waals surface area (Å²) < 4.78 is 0. The SMILES string of the molecule is C=C(C)[C@@H](C(=O)N[C@@H](C)C(=O)NC)N(C)C. The van der Waals surface area contributed by atoms with Crippen LogP contribution in [0.1, 0.15) is 13.8 Å². The van der Waals surface area contributed by atoms with Crippen molar-refractivity contribution in [2.75, 3.05) is 21.1 Å². The maximum absolute atomic E-state index is 11.9. The predicted molar refractivity (Wildman–Crippen MR) is 64.0 cm³/mol. The standard InChI is InChI=1S/C11H21N3O2/c1-7(2)9(14(5)6)11(16)13-8(3)10(15)12-4/h8-9H,1H2,2-6H3,(H,12,15)(H,13,16)/t8-,9-/m0/s1. The first-order valence-electron chi connectivity index (χ1n) is 5.15. The van der Waals surface area contributed by atoms with Crippen molar-refractivity contribution in [3.8, 4) is 0 Å². The number of carbonyl (C=O) groups is 2. The summed E-state index contributed by atoms with van der Waals surface area (Å²) in [5, 5.41) is 5.12. The van der Waals surface area contributed by atoms with Crippen LogP contribution in [0.5, 0.6) is 0 Å². The second kappa shape index (κ2) is 6.27. The quantitative estimate of drug-likeness (QED) is 0.636. The van der Waals surface area contributed by atoms with E-state index in [1.165, 1.54) is 7.05 Å². The molecule has 2 amide bonds. The highest BCUT2D eigenvalue weighted by molar-refractivity contribution is 5.90. The van der Waals surface area contributed by atoms with Gasteiger partial charge in [0.25, 0.3) is 0 Å². The smallest absolute Gasteiger partial charge is 0.242 e. The maximum Gasteiger partial charge on any atom is 0.242 e. The second-order valence-corrected chi connectivity index (χ2v) is 4.06. The predicted octanol–water partition coefficient (Wildman–Crippen LogP) is -0.257. The lowest BCUT2D eigenvalue weighted by atomic mass is 10.1. The summed E-state index contributed by atoms with van der Waals surface area (Å²) in [6.45, 7) is 7.19. The number of hydrogen-bond acceptors (Lipinski definition) is 3. The zero-order chi connectivity index (χ0) is 12.9. The molecule has 0 aliphatic heterocycles. The molecule has 0 radical (unpaired) electrons. The molecule has 0 heterocycles. The Balaban J connectivity index is 4.54. The number of hydrogen-bond donors (Lipinski definition) is 2. The van der Waals surface area contributed by atoms with Crippen molar-refractivity contribution in [2.24, 2.45) is 0 Å². The van der Waals surface area contributed by atoms with Crippen molar-refractivity contribution >= 4 is 11.8 Å². The molecule has 92 valence electrons. The fraction of sp³-hybridized carbons (Fsp3) is 0.636. The van der Waals surface area contributed by atoms with E-state index < -0.39 is 12.1 Å². The molecule has 0 saturated carbocycles. The number of nitrogens with zero attached hydrogens (tertiary/aromatic N) is 1. The van der Waals surface area contributed by atoms with E-state index in [0.29, 0.717) is 0 Å². The summed E-state index contributed by atoms with van der Waals surface area (Å²) in [5.41, 5.74) is 0.742. The molecule has 0 fully saturated rings. The van der Waals surface area contributed by atoms with E-state index in [1.54, 1.807) is 32.8 Å². The molecule has 2 atom stereocenters. The summed E-state index contributed by atoms with van der Waals surface area (Å²) in [6.07, 6.45) is 0. The first-order chi connectivity index (χ1) is 7.31.